The van der Waals surface area contributed by atoms with Crippen molar-refractivity contribution in [3.8, 4) is 0 Å². The van der Waals surface area contributed by atoms with Crippen molar-refractivity contribution < 1.29 is 13.6 Å². The first kappa shape index (κ1) is 16.6. The summed E-state index contributed by atoms with van der Waals surface area (Å²) in [6.45, 7) is 3.96. The van der Waals surface area contributed by atoms with Crippen molar-refractivity contribution in [2.24, 2.45) is 0 Å². The van der Waals surface area contributed by atoms with E-state index in [2.05, 4.69) is 20.8 Å². The molecule has 0 spiro atoms. The quantitative estimate of drug-likeness (QED) is 0.787. The number of carbonyl (C=O) groups excluding carboxylic acids is 1. The second-order valence-electron chi connectivity index (χ2n) is 4.63. The number of carbonyl (C=O) groups is 1. The standard InChI is InChI=1S/C13H14F2N4OS2/c1-7(2)16-12-18-19-13(22-12)21-6-11(20)17-10-5-8(14)3-4-9(10)15/h3-5,7H,6H2,1-2H3,(H,16,18)(H,17,20). The number of nitrogens with zero attached hydrogens (tertiary/aromatic N) is 2. The van der Waals surface area contributed by atoms with E-state index in [1.165, 1.54) is 23.1 Å². The van der Waals surface area contributed by atoms with Gasteiger partial charge in [-0.1, -0.05) is 23.1 Å². The van der Waals surface area contributed by atoms with E-state index < -0.39 is 17.5 Å². The first-order valence-electron chi connectivity index (χ1n) is 6.42. The smallest absolute Gasteiger partial charge is 0.234 e. The van der Waals surface area contributed by atoms with Crippen LogP contribution in [0.25, 0.3) is 0 Å². The zero-order valence-corrected chi connectivity index (χ0v) is 13.5. The van der Waals surface area contributed by atoms with Gasteiger partial charge in [-0.05, 0) is 26.0 Å². The lowest BCUT2D eigenvalue weighted by Gasteiger charge is -2.05. The first-order valence-corrected chi connectivity index (χ1v) is 8.22. The van der Waals surface area contributed by atoms with E-state index in [0.717, 1.165) is 18.2 Å². The fourth-order valence-corrected chi connectivity index (χ4v) is 3.18. The Morgan fingerprint density at radius 3 is 2.86 bits per heavy atom. The SMILES string of the molecule is CC(C)Nc1nnc(SCC(=O)Nc2cc(F)ccc2F)s1. The van der Waals surface area contributed by atoms with E-state index in [4.69, 9.17) is 0 Å². The molecule has 0 aliphatic heterocycles. The maximum atomic E-state index is 13.4. The summed E-state index contributed by atoms with van der Waals surface area (Å²) >= 11 is 2.51. The number of halogens is 2. The minimum atomic E-state index is -0.681. The molecular formula is C13H14F2N4OS2. The predicted molar refractivity (Wildman–Crippen MR) is 84.4 cm³/mol. The van der Waals surface area contributed by atoms with Crippen LogP contribution >= 0.6 is 23.1 Å². The molecule has 0 aliphatic rings. The van der Waals surface area contributed by atoms with Crippen LogP contribution in [0.15, 0.2) is 22.5 Å². The summed E-state index contributed by atoms with van der Waals surface area (Å²) in [5, 5.41) is 14.0. The van der Waals surface area contributed by atoms with Gasteiger partial charge in [-0.25, -0.2) is 8.78 Å². The Labute approximate surface area is 134 Å². The van der Waals surface area contributed by atoms with Crippen LogP contribution in [0.2, 0.25) is 0 Å². The lowest BCUT2D eigenvalue weighted by Crippen LogP contribution is -2.15. The molecule has 0 bridgehead atoms. The molecule has 1 aromatic carbocycles. The van der Waals surface area contributed by atoms with Crippen LogP contribution in [-0.2, 0) is 4.79 Å². The summed E-state index contributed by atoms with van der Waals surface area (Å²) < 4.78 is 27.0. The summed E-state index contributed by atoms with van der Waals surface area (Å²) in [4.78, 5) is 11.8. The predicted octanol–water partition coefficient (Wildman–Crippen LogP) is 3.37. The second kappa shape index (κ2) is 7.50. The highest BCUT2D eigenvalue weighted by Gasteiger charge is 2.11. The van der Waals surface area contributed by atoms with Gasteiger partial charge in [-0.2, -0.15) is 0 Å². The van der Waals surface area contributed by atoms with Gasteiger partial charge in [0.2, 0.25) is 11.0 Å². The highest BCUT2D eigenvalue weighted by Crippen LogP contribution is 2.26. The fourth-order valence-electron chi connectivity index (χ4n) is 1.48. The summed E-state index contributed by atoms with van der Waals surface area (Å²) in [7, 11) is 0. The van der Waals surface area contributed by atoms with Crippen LogP contribution in [0.5, 0.6) is 0 Å². The Balaban J connectivity index is 1.87. The molecule has 0 unspecified atom stereocenters. The highest BCUT2D eigenvalue weighted by molar-refractivity contribution is 8.01. The van der Waals surface area contributed by atoms with E-state index in [9.17, 15) is 13.6 Å². The molecule has 2 aromatic rings. The summed E-state index contributed by atoms with van der Waals surface area (Å²) in [5.41, 5.74) is -0.176. The number of rotatable bonds is 6. The molecule has 0 fully saturated rings. The Kier molecular flexibility index (Phi) is 5.67. The number of aromatic nitrogens is 2. The molecule has 2 N–H and O–H groups in total. The number of hydrogen-bond donors (Lipinski definition) is 2. The number of nitrogens with one attached hydrogen (secondary N) is 2. The van der Waals surface area contributed by atoms with Crippen molar-refractivity contribution in [2.45, 2.75) is 24.2 Å². The minimum Gasteiger partial charge on any atom is -0.358 e. The summed E-state index contributed by atoms with van der Waals surface area (Å²) in [6, 6.07) is 3.13. The average Bonchev–Trinajstić information content (AvgIpc) is 2.87. The third kappa shape index (κ3) is 4.92. The molecule has 0 aliphatic carbocycles. The van der Waals surface area contributed by atoms with E-state index in [0.29, 0.717) is 9.47 Å². The molecule has 118 valence electrons. The molecule has 0 atom stereocenters. The maximum absolute atomic E-state index is 13.4. The average molecular weight is 344 g/mol. The molecule has 1 aromatic heterocycles. The van der Waals surface area contributed by atoms with Gasteiger partial charge in [0.1, 0.15) is 11.6 Å². The molecule has 1 amide bonds. The van der Waals surface area contributed by atoms with E-state index in [1.54, 1.807) is 0 Å². The third-order valence-corrected chi connectivity index (χ3v) is 4.34. The number of amides is 1. The topological polar surface area (TPSA) is 66.9 Å². The van der Waals surface area contributed by atoms with Crippen molar-refractivity contribution in [3.63, 3.8) is 0 Å². The molecule has 9 heteroatoms. The van der Waals surface area contributed by atoms with E-state index in [-0.39, 0.29) is 17.5 Å². The molecule has 22 heavy (non-hydrogen) atoms. The summed E-state index contributed by atoms with van der Waals surface area (Å²) in [6.07, 6.45) is 0. The van der Waals surface area contributed by atoms with E-state index >= 15 is 0 Å². The molecule has 5 nitrogen and oxygen atoms in total. The molecule has 0 saturated heterocycles. The summed E-state index contributed by atoms with van der Waals surface area (Å²) in [5.74, 6) is -1.70. The van der Waals surface area contributed by atoms with Crippen LogP contribution < -0.4 is 10.6 Å². The number of thioether (sulfide) groups is 1. The molecular weight excluding hydrogens is 330 g/mol. The minimum absolute atomic E-state index is 0.0340. The number of anilines is 2. The lowest BCUT2D eigenvalue weighted by molar-refractivity contribution is -0.113. The van der Waals surface area contributed by atoms with Crippen molar-refractivity contribution in [1.82, 2.24) is 10.2 Å². The van der Waals surface area contributed by atoms with Gasteiger partial charge in [-0.3, -0.25) is 4.79 Å². The van der Waals surface area contributed by atoms with Gasteiger partial charge in [0.25, 0.3) is 0 Å². The van der Waals surface area contributed by atoms with Crippen LogP contribution in [0.1, 0.15) is 13.8 Å². The Morgan fingerprint density at radius 2 is 2.14 bits per heavy atom. The zero-order valence-electron chi connectivity index (χ0n) is 11.9. The van der Waals surface area contributed by atoms with Gasteiger partial charge < -0.3 is 10.6 Å². The molecule has 0 saturated carbocycles. The first-order chi connectivity index (χ1) is 10.4. The highest BCUT2D eigenvalue weighted by atomic mass is 32.2. The van der Waals surface area contributed by atoms with Crippen LogP contribution in [0, 0.1) is 11.6 Å². The number of benzene rings is 1. The van der Waals surface area contributed by atoms with E-state index in [1.807, 2.05) is 13.8 Å². The van der Waals surface area contributed by atoms with Gasteiger partial charge in [0, 0.05) is 12.1 Å². The second-order valence-corrected chi connectivity index (χ2v) is 6.83. The molecule has 0 radical (unpaired) electrons. The normalized spacial score (nSPS) is 10.8. The van der Waals surface area contributed by atoms with Crippen molar-refractivity contribution in [3.05, 3.63) is 29.8 Å². The monoisotopic (exact) mass is 344 g/mol. The maximum Gasteiger partial charge on any atom is 0.234 e. The Bertz CT molecular complexity index is 663. The molecule has 1 heterocycles. The van der Waals surface area contributed by atoms with Gasteiger partial charge in [0.05, 0.1) is 11.4 Å². The van der Waals surface area contributed by atoms with Crippen molar-refractivity contribution >= 4 is 39.8 Å². The Hall–Kier alpha value is -1.74. The largest absolute Gasteiger partial charge is 0.358 e. The van der Waals surface area contributed by atoms with Crippen molar-refractivity contribution in [2.75, 3.05) is 16.4 Å². The molecule has 2 rings (SSSR count). The Morgan fingerprint density at radius 1 is 1.36 bits per heavy atom. The van der Waals surface area contributed by atoms with Gasteiger partial charge >= 0.3 is 0 Å². The van der Waals surface area contributed by atoms with Crippen molar-refractivity contribution in [1.29, 1.82) is 0 Å². The lowest BCUT2D eigenvalue weighted by atomic mass is 10.3. The zero-order chi connectivity index (χ0) is 16.1. The van der Waals surface area contributed by atoms with Crippen LogP contribution in [0.3, 0.4) is 0 Å². The number of hydrogen-bond acceptors (Lipinski definition) is 6. The third-order valence-electron chi connectivity index (χ3n) is 2.35. The van der Waals surface area contributed by atoms with Crippen LogP contribution in [0.4, 0.5) is 19.6 Å². The van der Waals surface area contributed by atoms with Gasteiger partial charge in [0.15, 0.2) is 4.34 Å². The van der Waals surface area contributed by atoms with Crippen LogP contribution in [-0.4, -0.2) is 27.9 Å². The van der Waals surface area contributed by atoms with Gasteiger partial charge in [-0.15, -0.1) is 10.2 Å². The fraction of sp³-hybridized carbons (Fsp3) is 0.308.